The molecule has 2 aliphatic rings. The summed E-state index contributed by atoms with van der Waals surface area (Å²) in [5.41, 5.74) is 0.699. The van der Waals surface area contributed by atoms with Crippen LogP contribution in [0.25, 0.3) is 0 Å². The topological polar surface area (TPSA) is 93.3 Å². The molecule has 1 fully saturated rings. The quantitative estimate of drug-likeness (QED) is 0.661. The van der Waals surface area contributed by atoms with Gasteiger partial charge in [0.2, 0.25) is 5.91 Å². The number of rotatable bonds is 7. The van der Waals surface area contributed by atoms with Crippen LogP contribution < -0.4 is 14.4 Å². The second-order valence-corrected chi connectivity index (χ2v) is 7.64. The number of anilines is 1. The van der Waals surface area contributed by atoms with Crippen LogP contribution in [0.2, 0.25) is 0 Å². The lowest BCUT2D eigenvalue weighted by atomic mass is 10.2. The molecule has 2 aromatic rings. The van der Waals surface area contributed by atoms with E-state index in [9.17, 15) is 4.79 Å². The number of nitrogens with zero attached hydrogens (tertiary/aromatic N) is 5. The van der Waals surface area contributed by atoms with Crippen molar-refractivity contribution in [3.8, 4) is 17.6 Å². The number of aromatic nitrogens is 3. The van der Waals surface area contributed by atoms with Gasteiger partial charge in [0.1, 0.15) is 19.0 Å². The van der Waals surface area contributed by atoms with E-state index >= 15 is 0 Å². The van der Waals surface area contributed by atoms with Crippen molar-refractivity contribution in [2.75, 3.05) is 30.4 Å². The molecule has 1 aliphatic carbocycles. The van der Waals surface area contributed by atoms with Crippen LogP contribution in [0.5, 0.6) is 11.5 Å². The summed E-state index contributed by atoms with van der Waals surface area (Å²) in [6, 6.07) is 7.99. The van der Waals surface area contributed by atoms with Crippen LogP contribution in [0.1, 0.15) is 31.1 Å². The zero-order valence-electron chi connectivity index (χ0n) is 15.6. The zero-order chi connectivity index (χ0) is 19.5. The van der Waals surface area contributed by atoms with Gasteiger partial charge in [-0.2, -0.15) is 5.26 Å². The Morgan fingerprint density at radius 2 is 2.11 bits per heavy atom. The lowest BCUT2D eigenvalue weighted by molar-refractivity contribution is -0.116. The van der Waals surface area contributed by atoms with Gasteiger partial charge in [-0.1, -0.05) is 11.8 Å². The summed E-state index contributed by atoms with van der Waals surface area (Å²) < 4.78 is 13.3. The number of carbonyl (C=O) groups is 1. The largest absolute Gasteiger partial charge is 0.486 e. The van der Waals surface area contributed by atoms with E-state index in [2.05, 4.69) is 20.8 Å². The Bertz CT molecular complexity index is 919. The molecule has 0 saturated heterocycles. The molecule has 4 rings (SSSR count). The van der Waals surface area contributed by atoms with Crippen molar-refractivity contribution in [3.05, 3.63) is 24.0 Å². The Morgan fingerprint density at radius 1 is 1.32 bits per heavy atom. The van der Waals surface area contributed by atoms with Gasteiger partial charge in [0, 0.05) is 24.3 Å². The standard InChI is InChI=1S/C19H21N5O3S/c1-13-21-22-19(24(13)14-3-4-14)28-12-18(25)23(8-2-7-20)15-5-6-16-17(11-15)27-10-9-26-16/h5-6,11,14H,2-4,8-10,12H2,1H3. The normalized spacial score (nSPS) is 15.1. The third kappa shape index (κ3) is 3.92. The predicted molar refractivity (Wildman–Crippen MR) is 104 cm³/mol. The third-order valence-electron chi connectivity index (χ3n) is 4.66. The van der Waals surface area contributed by atoms with E-state index in [1.54, 1.807) is 17.0 Å². The first kappa shape index (κ1) is 18.6. The molecule has 1 aliphatic heterocycles. The highest BCUT2D eigenvalue weighted by atomic mass is 32.2. The molecule has 0 unspecified atom stereocenters. The minimum Gasteiger partial charge on any atom is -0.486 e. The summed E-state index contributed by atoms with van der Waals surface area (Å²) in [5.74, 6) is 2.32. The minimum absolute atomic E-state index is 0.0834. The van der Waals surface area contributed by atoms with Crippen LogP contribution in [0.15, 0.2) is 23.4 Å². The van der Waals surface area contributed by atoms with E-state index < -0.39 is 0 Å². The van der Waals surface area contributed by atoms with Gasteiger partial charge in [-0.15, -0.1) is 10.2 Å². The van der Waals surface area contributed by atoms with Crippen molar-refractivity contribution in [1.82, 2.24) is 14.8 Å². The molecular formula is C19H21N5O3S. The fourth-order valence-corrected chi connectivity index (χ4v) is 4.09. The molecule has 1 saturated carbocycles. The molecule has 0 radical (unpaired) electrons. The monoisotopic (exact) mass is 399 g/mol. The third-order valence-corrected chi connectivity index (χ3v) is 5.59. The molecule has 1 amide bonds. The molecule has 0 spiro atoms. The highest BCUT2D eigenvalue weighted by Gasteiger charge is 2.29. The molecule has 28 heavy (non-hydrogen) atoms. The number of benzene rings is 1. The van der Waals surface area contributed by atoms with Gasteiger partial charge in [-0.3, -0.25) is 4.79 Å². The summed E-state index contributed by atoms with van der Waals surface area (Å²) in [4.78, 5) is 14.6. The highest BCUT2D eigenvalue weighted by molar-refractivity contribution is 7.99. The molecule has 0 atom stereocenters. The Kier molecular flexibility index (Phi) is 5.39. The molecular weight excluding hydrogens is 378 g/mol. The van der Waals surface area contributed by atoms with Crippen molar-refractivity contribution >= 4 is 23.4 Å². The number of hydrogen-bond acceptors (Lipinski definition) is 7. The van der Waals surface area contributed by atoms with Gasteiger partial charge in [0.25, 0.3) is 0 Å². The van der Waals surface area contributed by atoms with Crippen molar-refractivity contribution in [3.63, 3.8) is 0 Å². The van der Waals surface area contributed by atoms with Crippen LogP contribution in [0.3, 0.4) is 0 Å². The van der Waals surface area contributed by atoms with E-state index in [1.165, 1.54) is 11.8 Å². The Labute approximate surface area is 167 Å². The molecule has 8 nitrogen and oxygen atoms in total. The maximum absolute atomic E-state index is 13.0. The number of fused-ring (bicyclic) bond motifs is 1. The van der Waals surface area contributed by atoms with Crippen molar-refractivity contribution in [2.24, 2.45) is 0 Å². The molecule has 146 valence electrons. The van der Waals surface area contributed by atoms with Crippen LogP contribution in [-0.4, -0.2) is 46.2 Å². The first-order valence-electron chi connectivity index (χ1n) is 9.28. The Balaban J connectivity index is 1.49. The molecule has 1 aromatic carbocycles. The van der Waals surface area contributed by atoms with Gasteiger partial charge >= 0.3 is 0 Å². The second kappa shape index (κ2) is 8.10. The first-order valence-corrected chi connectivity index (χ1v) is 10.3. The average molecular weight is 399 g/mol. The lowest BCUT2D eigenvalue weighted by Crippen LogP contribution is -2.33. The highest BCUT2D eigenvalue weighted by Crippen LogP contribution is 2.39. The number of hydrogen-bond donors (Lipinski definition) is 0. The SMILES string of the molecule is Cc1nnc(SCC(=O)N(CCC#N)c2ccc3c(c2)OCCO3)n1C1CC1. The first-order chi connectivity index (χ1) is 13.7. The van der Waals surface area contributed by atoms with Crippen LogP contribution >= 0.6 is 11.8 Å². The van der Waals surface area contributed by atoms with Gasteiger partial charge in [0.05, 0.1) is 18.2 Å². The van der Waals surface area contributed by atoms with E-state index in [1.807, 2.05) is 13.0 Å². The fraction of sp³-hybridized carbons (Fsp3) is 0.474. The number of nitriles is 1. The summed E-state index contributed by atoms with van der Waals surface area (Å²) in [6.45, 7) is 3.26. The molecule has 0 N–H and O–H groups in total. The molecule has 2 heterocycles. The van der Waals surface area contributed by atoms with Gasteiger partial charge < -0.3 is 18.9 Å². The van der Waals surface area contributed by atoms with Crippen molar-refractivity contribution in [2.45, 2.75) is 37.4 Å². The van der Waals surface area contributed by atoms with Crippen molar-refractivity contribution in [1.29, 1.82) is 5.26 Å². The average Bonchev–Trinajstić information content (AvgIpc) is 3.48. The summed E-state index contributed by atoms with van der Waals surface area (Å²) in [6.07, 6.45) is 2.51. The molecule has 1 aromatic heterocycles. The van der Waals surface area contributed by atoms with Crippen LogP contribution in [0.4, 0.5) is 5.69 Å². The van der Waals surface area contributed by atoms with E-state index in [0.717, 1.165) is 23.8 Å². The number of carbonyl (C=O) groups excluding carboxylic acids is 1. The molecule has 9 heteroatoms. The fourth-order valence-electron chi connectivity index (χ4n) is 3.17. The van der Waals surface area contributed by atoms with Gasteiger partial charge in [-0.05, 0) is 31.9 Å². The van der Waals surface area contributed by atoms with Crippen LogP contribution in [-0.2, 0) is 4.79 Å². The lowest BCUT2D eigenvalue weighted by Gasteiger charge is -2.24. The zero-order valence-corrected chi connectivity index (χ0v) is 16.4. The second-order valence-electron chi connectivity index (χ2n) is 6.70. The Hall–Kier alpha value is -2.73. The maximum Gasteiger partial charge on any atom is 0.237 e. The van der Waals surface area contributed by atoms with E-state index in [0.29, 0.717) is 43.0 Å². The number of ether oxygens (including phenoxy) is 2. The minimum atomic E-state index is -0.0834. The summed E-state index contributed by atoms with van der Waals surface area (Å²) in [5, 5.41) is 18.1. The number of aryl methyl sites for hydroxylation is 1. The van der Waals surface area contributed by atoms with Gasteiger partial charge in [0.15, 0.2) is 16.7 Å². The summed E-state index contributed by atoms with van der Waals surface area (Å²) in [7, 11) is 0. The smallest absolute Gasteiger partial charge is 0.237 e. The predicted octanol–water partition coefficient (Wildman–Crippen LogP) is 2.73. The van der Waals surface area contributed by atoms with Crippen LogP contribution in [0, 0.1) is 18.3 Å². The summed E-state index contributed by atoms with van der Waals surface area (Å²) >= 11 is 1.39. The Morgan fingerprint density at radius 3 is 2.86 bits per heavy atom. The number of thioether (sulfide) groups is 1. The van der Waals surface area contributed by atoms with Crippen molar-refractivity contribution < 1.29 is 14.3 Å². The number of amides is 1. The van der Waals surface area contributed by atoms with E-state index in [-0.39, 0.29) is 18.1 Å². The molecule has 0 bridgehead atoms. The maximum atomic E-state index is 13.0. The van der Waals surface area contributed by atoms with E-state index in [4.69, 9.17) is 14.7 Å². The van der Waals surface area contributed by atoms with Gasteiger partial charge in [-0.25, -0.2) is 0 Å².